The molecule has 0 spiro atoms. The molecule has 0 radical (unpaired) electrons. The summed E-state index contributed by atoms with van der Waals surface area (Å²) in [6.45, 7) is 6.86. The molecule has 1 saturated heterocycles. The predicted molar refractivity (Wildman–Crippen MR) is 77.8 cm³/mol. The Balaban J connectivity index is 2.23. The molecule has 1 rings (SSSR count). The van der Waals surface area contributed by atoms with Crippen molar-refractivity contribution in [1.29, 1.82) is 0 Å². The molecule has 3 N–H and O–H groups in total. The summed E-state index contributed by atoms with van der Waals surface area (Å²) in [6, 6.07) is -0.234. The smallest absolute Gasteiger partial charge is 0.317 e. The number of carboxylic acids is 1. The Labute approximate surface area is 125 Å². The van der Waals surface area contributed by atoms with Gasteiger partial charge in [0.25, 0.3) is 0 Å². The maximum absolute atomic E-state index is 11.9. The first-order valence-corrected chi connectivity index (χ1v) is 7.25. The fraction of sp³-hybridized carbons (Fsp3) is 0.786. The molecule has 0 atom stereocenters. The molecule has 3 amide bonds. The Hall–Kier alpha value is -1.79. The first-order chi connectivity index (χ1) is 9.69. The number of carboxylic acid groups (broad SMARTS) is 1. The van der Waals surface area contributed by atoms with E-state index in [1.54, 1.807) is 4.90 Å². The van der Waals surface area contributed by atoms with E-state index in [1.807, 2.05) is 20.8 Å². The molecule has 0 aromatic rings. The number of carbonyl (C=O) groups excluding carboxylic acids is 2. The third kappa shape index (κ3) is 6.46. The molecule has 0 aromatic heterocycles. The number of carbonyl (C=O) groups is 3. The second-order valence-corrected chi connectivity index (χ2v) is 6.38. The Bertz CT molecular complexity index is 396. The largest absolute Gasteiger partial charge is 0.481 e. The van der Waals surface area contributed by atoms with Crippen LogP contribution < -0.4 is 10.6 Å². The number of piperidine rings is 1. The minimum absolute atomic E-state index is 0.104. The average Bonchev–Trinajstić information content (AvgIpc) is 2.36. The summed E-state index contributed by atoms with van der Waals surface area (Å²) in [4.78, 5) is 35.9. The zero-order chi connectivity index (χ0) is 16.0. The van der Waals surface area contributed by atoms with Crippen molar-refractivity contribution in [2.24, 2.45) is 5.92 Å². The number of rotatable bonds is 4. The summed E-state index contributed by atoms with van der Waals surface area (Å²) in [6.07, 6.45) is 1.19. The lowest BCUT2D eigenvalue weighted by atomic mass is 9.97. The van der Waals surface area contributed by atoms with E-state index >= 15 is 0 Å². The van der Waals surface area contributed by atoms with Crippen molar-refractivity contribution >= 4 is 17.9 Å². The molecule has 1 fully saturated rings. The Morgan fingerprint density at radius 2 is 1.76 bits per heavy atom. The Morgan fingerprint density at radius 3 is 2.24 bits per heavy atom. The zero-order valence-electron chi connectivity index (χ0n) is 12.9. The van der Waals surface area contributed by atoms with Gasteiger partial charge >= 0.3 is 12.0 Å². The van der Waals surface area contributed by atoms with Gasteiger partial charge in [-0.2, -0.15) is 0 Å². The van der Waals surface area contributed by atoms with E-state index in [9.17, 15) is 14.4 Å². The van der Waals surface area contributed by atoms with Gasteiger partial charge in [0.1, 0.15) is 0 Å². The lowest BCUT2D eigenvalue weighted by molar-refractivity contribution is -0.143. The third-order valence-corrected chi connectivity index (χ3v) is 3.27. The monoisotopic (exact) mass is 299 g/mol. The van der Waals surface area contributed by atoms with E-state index in [-0.39, 0.29) is 36.4 Å². The highest BCUT2D eigenvalue weighted by Gasteiger charge is 2.26. The lowest BCUT2D eigenvalue weighted by Gasteiger charge is -2.30. The van der Waals surface area contributed by atoms with Crippen LogP contribution in [0.5, 0.6) is 0 Å². The summed E-state index contributed by atoms with van der Waals surface area (Å²) in [5.74, 6) is -1.26. The normalized spacial score (nSPS) is 16.4. The predicted octanol–water partition coefficient (Wildman–Crippen LogP) is 0.797. The van der Waals surface area contributed by atoms with Crippen molar-refractivity contribution in [2.75, 3.05) is 19.6 Å². The van der Waals surface area contributed by atoms with E-state index < -0.39 is 5.97 Å². The Morgan fingerprint density at radius 1 is 1.19 bits per heavy atom. The molecule has 0 saturated carbocycles. The van der Waals surface area contributed by atoms with Crippen LogP contribution in [0.25, 0.3) is 0 Å². The van der Waals surface area contributed by atoms with Crippen LogP contribution in [0.3, 0.4) is 0 Å². The fourth-order valence-electron chi connectivity index (χ4n) is 2.21. The molecular weight excluding hydrogens is 274 g/mol. The average molecular weight is 299 g/mol. The van der Waals surface area contributed by atoms with Gasteiger partial charge in [-0.3, -0.25) is 9.59 Å². The molecule has 1 aliphatic rings. The number of amides is 3. The number of aliphatic carboxylic acids is 1. The van der Waals surface area contributed by atoms with E-state index in [2.05, 4.69) is 10.6 Å². The third-order valence-electron chi connectivity index (χ3n) is 3.27. The highest BCUT2D eigenvalue weighted by atomic mass is 16.4. The molecule has 1 heterocycles. The van der Waals surface area contributed by atoms with Crippen LogP contribution >= 0.6 is 0 Å². The van der Waals surface area contributed by atoms with Gasteiger partial charge < -0.3 is 20.6 Å². The first kappa shape index (κ1) is 17.3. The summed E-state index contributed by atoms with van der Waals surface area (Å²) < 4.78 is 0. The van der Waals surface area contributed by atoms with Gasteiger partial charge in [-0.15, -0.1) is 0 Å². The van der Waals surface area contributed by atoms with Crippen molar-refractivity contribution in [2.45, 2.75) is 45.6 Å². The molecule has 7 nitrogen and oxygen atoms in total. The minimum Gasteiger partial charge on any atom is -0.481 e. The fourth-order valence-corrected chi connectivity index (χ4v) is 2.21. The van der Waals surface area contributed by atoms with Crippen LogP contribution in [0, 0.1) is 5.92 Å². The van der Waals surface area contributed by atoms with Crippen LogP contribution in [0.4, 0.5) is 4.79 Å². The number of nitrogens with one attached hydrogen (secondary N) is 2. The molecule has 0 aromatic carbocycles. The summed E-state index contributed by atoms with van der Waals surface area (Å²) in [7, 11) is 0. The standard InChI is InChI=1S/C14H25N3O4/c1-14(2,3)16-11(18)4-7-15-13(21)17-8-5-10(6-9-17)12(19)20/h10H,4-9H2,1-3H3,(H,15,21)(H,16,18)(H,19,20). The highest BCUT2D eigenvalue weighted by Crippen LogP contribution is 2.17. The lowest BCUT2D eigenvalue weighted by Crippen LogP contribution is -2.47. The summed E-state index contributed by atoms with van der Waals surface area (Å²) in [5, 5.41) is 14.4. The minimum atomic E-state index is -0.797. The molecule has 1 aliphatic heterocycles. The van der Waals surface area contributed by atoms with Crippen molar-refractivity contribution in [3.8, 4) is 0 Å². The van der Waals surface area contributed by atoms with Crippen LogP contribution in [0.1, 0.15) is 40.0 Å². The maximum atomic E-state index is 11.9. The number of hydrogen-bond donors (Lipinski definition) is 3. The van der Waals surface area contributed by atoms with Gasteiger partial charge in [-0.25, -0.2) is 4.79 Å². The van der Waals surface area contributed by atoms with Crippen LogP contribution in [-0.2, 0) is 9.59 Å². The van der Waals surface area contributed by atoms with E-state index in [0.717, 1.165) is 0 Å². The molecule has 0 aliphatic carbocycles. The van der Waals surface area contributed by atoms with Gasteiger partial charge in [0.05, 0.1) is 5.92 Å². The SMILES string of the molecule is CC(C)(C)NC(=O)CCNC(=O)N1CCC(C(=O)O)CC1. The van der Waals surface area contributed by atoms with Crippen molar-refractivity contribution in [3.05, 3.63) is 0 Å². The first-order valence-electron chi connectivity index (χ1n) is 7.25. The maximum Gasteiger partial charge on any atom is 0.317 e. The molecule has 7 heteroatoms. The van der Waals surface area contributed by atoms with Crippen LogP contribution in [0.2, 0.25) is 0 Å². The molecule has 120 valence electrons. The number of nitrogens with zero attached hydrogens (tertiary/aromatic N) is 1. The number of hydrogen-bond acceptors (Lipinski definition) is 3. The van der Waals surface area contributed by atoms with Crippen molar-refractivity contribution in [3.63, 3.8) is 0 Å². The molecule has 0 bridgehead atoms. The summed E-state index contributed by atoms with van der Waals surface area (Å²) >= 11 is 0. The molecule has 21 heavy (non-hydrogen) atoms. The quantitative estimate of drug-likeness (QED) is 0.715. The molecule has 0 unspecified atom stereocenters. The van der Waals surface area contributed by atoms with E-state index in [1.165, 1.54) is 0 Å². The Kier molecular flexibility index (Phi) is 5.99. The van der Waals surface area contributed by atoms with E-state index in [0.29, 0.717) is 25.9 Å². The van der Waals surface area contributed by atoms with E-state index in [4.69, 9.17) is 5.11 Å². The zero-order valence-corrected chi connectivity index (χ0v) is 12.9. The summed E-state index contributed by atoms with van der Waals surface area (Å²) in [5.41, 5.74) is -0.278. The van der Waals surface area contributed by atoms with Gasteiger partial charge in [0.2, 0.25) is 5.91 Å². The topological polar surface area (TPSA) is 98.7 Å². The van der Waals surface area contributed by atoms with Crippen molar-refractivity contribution in [1.82, 2.24) is 15.5 Å². The van der Waals surface area contributed by atoms with Crippen LogP contribution in [-0.4, -0.2) is 53.1 Å². The highest BCUT2D eigenvalue weighted by molar-refractivity contribution is 5.79. The second kappa shape index (κ2) is 7.28. The second-order valence-electron chi connectivity index (χ2n) is 6.38. The van der Waals surface area contributed by atoms with Gasteiger partial charge in [-0.1, -0.05) is 0 Å². The van der Waals surface area contributed by atoms with Crippen molar-refractivity contribution < 1.29 is 19.5 Å². The number of likely N-dealkylation sites (tertiary alicyclic amines) is 1. The number of urea groups is 1. The van der Waals surface area contributed by atoms with Gasteiger partial charge in [-0.05, 0) is 33.6 Å². The molecular formula is C14H25N3O4. The van der Waals surface area contributed by atoms with Crippen LogP contribution in [0.15, 0.2) is 0 Å². The van der Waals surface area contributed by atoms with Gasteiger partial charge in [0.15, 0.2) is 0 Å². The van der Waals surface area contributed by atoms with Gasteiger partial charge in [0, 0.05) is 31.6 Å².